The van der Waals surface area contributed by atoms with Gasteiger partial charge in [-0.2, -0.15) is 0 Å². The number of aryl methyl sites for hydroxylation is 1. The molecule has 7 heteroatoms. The zero-order valence-corrected chi connectivity index (χ0v) is 17.8. The summed E-state index contributed by atoms with van der Waals surface area (Å²) < 4.78 is 6.85. The van der Waals surface area contributed by atoms with Gasteiger partial charge in [-0.1, -0.05) is 41.1 Å². The van der Waals surface area contributed by atoms with E-state index < -0.39 is 6.04 Å². The van der Waals surface area contributed by atoms with E-state index in [0.717, 1.165) is 22.0 Å². The average molecular weight is 467 g/mol. The van der Waals surface area contributed by atoms with Crippen molar-refractivity contribution in [3.63, 3.8) is 0 Å². The van der Waals surface area contributed by atoms with E-state index in [4.69, 9.17) is 4.42 Å². The summed E-state index contributed by atoms with van der Waals surface area (Å²) in [7, 11) is 0. The molecule has 0 spiro atoms. The second-order valence-corrected chi connectivity index (χ2v) is 8.59. The van der Waals surface area contributed by atoms with Crippen LogP contribution in [0.25, 0.3) is 11.0 Å². The molecule has 0 saturated carbocycles. The van der Waals surface area contributed by atoms with Crippen LogP contribution in [0.3, 0.4) is 0 Å². The fraction of sp³-hybridized carbons (Fsp3) is 0.136. The van der Waals surface area contributed by atoms with Crippen LogP contribution in [0.1, 0.15) is 40.2 Å². The number of halogens is 1. The molecule has 5 nitrogen and oxygen atoms in total. The number of aromatic nitrogens is 1. The highest BCUT2D eigenvalue weighted by Gasteiger charge is 2.44. The summed E-state index contributed by atoms with van der Waals surface area (Å²) in [4.78, 5) is 32.8. The third kappa shape index (κ3) is 2.84. The summed E-state index contributed by atoms with van der Waals surface area (Å²) in [5.41, 5.74) is 2.48. The third-order valence-electron chi connectivity index (χ3n) is 5.13. The Morgan fingerprint density at radius 1 is 1.21 bits per heavy atom. The Hall–Kier alpha value is -2.77. The van der Waals surface area contributed by atoms with Crippen LogP contribution in [-0.4, -0.2) is 10.9 Å². The fourth-order valence-corrected chi connectivity index (χ4v) is 4.85. The summed E-state index contributed by atoms with van der Waals surface area (Å²) in [5, 5.41) is 2.84. The topological polar surface area (TPSA) is 63.4 Å². The second-order valence-electron chi connectivity index (χ2n) is 6.81. The molecule has 0 aliphatic carbocycles. The van der Waals surface area contributed by atoms with Crippen molar-refractivity contribution in [2.75, 3.05) is 4.90 Å². The molecule has 0 N–H and O–H groups in total. The van der Waals surface area contributed by atoms with Crippen LogP contribution in [0.15, 0.2) is 67.7 Å². The summed E-state index contributed by atoms with van der Waals surface area (Å²) in [6.45, 7) is 2.04. The predicted molar refractivity (Wildman–Crippen MR) is 117 cm³/mol. The number of fused-ring (bicyclic) bond motifs is 2. The summed E-state index contributed by atoms with van der Waals surface area (Å²) >= 11 is 4.84. The van der Waals surface area contributed by atoms with Crippen LogP contribution in [0.2, 0.25) is 0 Å². The highest BCUT2D eigenvalue weighted by molar-refractivity contribution is 9.10. The first kappa shape index (κ1) is 18.3. The van der Waals surface area contributed by atoms with E-state index in [1.54, 1.807) is 17.2 Å². The van der Waals surface area contributed by atoms with Gasteiger partial charge in [0.05, 0.1) is 17.0 Å². The van der Waals surface area contributed by atoms with Crippen molar-refractivity contribution in [3.05, 3.63) is 91.2 Å². The molecule has 2 aromatic carbocycles. The van der Waals surface area contributed by atoms with Crippen LogP contribution in [0.5, 0.6) is 0 Å². The minimum atomic E-state index is -0.591. The number of anilines is 1. The van der Waals surface area contributed by atoms with Crippen molar-refractivity contribution in [1.82, 2.24) is 4.98 Å². The van der Waals surface area contributed by atoms with E-state index in [1.807, 2.05) is 48.7 Å². The summed E-state index contributed by atoms with van der Waals surface area (Å²) in [6, 6.07) is 12.6. The standard InChI is InChI=1S/C22H15BrN2O3S/c1-2-12-6-7-16-15(10-12)19(26)17-18(13-4-3-5-14(23)11-13)25(21(27)20(17)28-16)22-24-8-9-29-22/h3-11,18H,2H2,1H3. The van der Waals surface area contributed by atoms with Gasteiger partial charge in [-0.05, 0) is 41.8 Å². The largest absolute Gasteiger partial charge is 0.450 e. The number of carbonyl (C=O) groups excluding carboxylic acids is 1. The minimum absolute atomic E-state index is 0.0897. The molecule has 1 aliphatic heterocycles. The molecule has 1 unspecified atom stereocenters. The molecule has 3 heterocycles. The number of benzene rings is 2. The van der Waals surface area contributed by atoms with Crippen LogP contribution in [0.4, 0.5) is 5.13 Å². The molecule has 0 saturated heterocycles. The molecule has 1 aliphatic rings. The van der Waals surface area contributed by atoms with E-state index in [-0.39, 0.29) is 17.1 Å². The van der Waals surface area contributed by atoms with E-state index in [2.05, 4.69) is 20.9 Å². The number of thiazole rings is 1. The van der Waals surface area contributed by atoms with Gasteiger partial charge < -0.3 is 4.42 Å². The molecular formula is C22H15BrN2O3S. The Kier molecular flexibility index (Phi) is 4.37. The first-order valence-corrected chi connectivity index (χ1v) is 10.8. The number of hydrogen-bond acceptors (Lipinski definition) is 5. The zero-order chi connectivity index (χ0) is 20.1. The minimum Gasteiger partial charge on any atom is -0.450 e. The molecule has 1 atom stereocenters. The monoisotopic (exact) mass is 466 g/mol. The number of nitrogens with zero attached hydrogens (tertiary/aromatic N) is 2. The Labute approximate surface area is 178 Å². The quantitative estimate of drug-likeness (QED) is 0.409. The van der Waals surface area contributed by atoms with Crippen molar-refractivity contribution in [2.24, 2.45) is 0 Å². The van der Waals surface area contributed by atoms with Crippen molar-refractivity contribution in [2.45, 2.75) is 19.4 Å². The van der Waals surface area contributed by atoms with Crippen molar-refractivity contribution >= 4 is 49.3 Å². The number of carbonyl (C=O) groups is 1. The van der Waals surface area contributed by atoms with Crippen LogP contribution < -0.4 is 10.3 Å². The smallest absolute Gasteiger partial charge is 0.297 e. The van der Waals surface area contributed by atoms with E-state index in [1.165, 1.54) is 11.3 Å². The molecule has 5 rings (SSSR count). The van der Waals surface area contributed by atoms with E-state index in [0.29, 0.717) is 21.7 Å². The van der Waals surface area contributed by atoms with Crippen molar-refractivity contribution in [3.8, 4) is 0 Å². The van der Waals surface area contributed by atoms with Gasteiger partial charge in [0.2, 0.25) is 5.76 Å². The number of amides is 1. The Morgan fingerprint density at radius 3 is 2.79 bits per heavy atom. The fourth-order valence-electron chi connectivity index (χ4n) is 3.76. The van der Waals surface area contributed by atoms with E-state index in [9.17, 15) is 9.59 Å². The normalized spacial score (nSPS) is 15.9. The van der Waals surface area contributed by atoms with Gasteiger partial charge >= 0.3 is 0 Å². The number of rotatable bonds is 3. The SMILES string of the molecule is CCc1ccc2oc3c(c(=O)c2c1)C(c1cccc(Br)c1)N(c1nccs1)C3=O. The maximum atomic E-state index is 13.6. The third-order valence-corrected chi connectivity index (χ3v) is 6.40. The number of hydrogen-bond donors (Lipinski definition) is 0. The highest BCUT2D eigenvalue weighted by Crippen LogP contribution is 2.42. The molecule has 1 amide bonds. The maximum Gasteiger partial charge on any atom is 0.297 e. The van der Waals surface area contributed by atoms with Gasteiger partial charge in [-0.15, -0.1) is 11.3 Å². The van der Waals surface area contributed by atoms with Gasteiger partial charge in [0.15, 0.2) is 10.6 Å². The van der Waals surface area contributed by atoms with E-state index >= 15 is 0 Å². The molecule has 0 bridgehead atoms. The zero-order valence-electron chi connectivity index (χ0n) is 15.4. The lowest BCUT2D eigenvalue weighted by molar-refractivity contribution is 0.0971. The van der Waals surface area contributed by atoms with Crippen LogP contribution >= 0.6 is 27.3 Å². The lowest BCUT2D eigenvalue weighted by Gasteiger charge is -2.22. The Balaban J connectivity index is 1.83. The van der Waals surface area contributed by atoms with Gasteiger partial charge in [0.25, 0.3) is 5.91 Å². The van der Waals surface area contributed by atoms with Gasteiger partial charge in [-0.25, -0.2) is 4.98 Å². The van der Waals surface area contributed by atoms with Crippen LogP contribution in [-0.2, 0) is 6.42 Å². The molecule has 144 valence electrons. The van der Waals surface area contributed by atoms with Gasteiger partial charge in [0, 0.05) is 16.0 Å². The molecule has 2 aromatic heterocycles. The molecular weight excluding hydrogens is 452 g/mol. The lowest BCUT2D eigenvalue weighted by Crippen LogP contribution is -2.29. The van der Waals surface area contributed by atoms with Crippen LogP contribution in [0, 0.1) is 0 Å². The Bertz CT molecular complexity index is 1310. The summed E-state index contributed by atoms with van der Waals surface area (Å²) in [5.74, 6) is -0.259. The molecule has 0 radical (unpaired) electrons. The Morgan fingerprint density at radius 2 is 2.07 bits per heavy atom. The molecule has 4 aromatic rings. The predicted octanol–water partition coefficient (Wildman–Crippen LogP) is 5.32. The molecule has 0 fully saturated rings. The van der Waals surface area contributed by atoms with Gasteiger partial charge in [-0.3, -0.25) is 14.5 Å². The first-order valence-electron chi connectivity index (χ1n) is 9.16. The van der Waals surface area contributed by atoms with Gasteiger partial charge in [0.1, 0.15) is 5.58 Å². The first-order chi connectivity index (χ1) is 14.1. The lowest BCUT2D eigenvalue weighted by atomic mass is 9.98. The van der Waals surface area contributed by atoms with Crippen molar-refractivity contribution < 1.29 is 9.21 Å². The highest BCUT2D eigenvalue weighted by atomic mass is 79.9. The average Bonchev–Trinajstić information content (AvgIpc) is 3.35. The summed E-state index contributed by atoms with van der Waals surface area (Å²) in [6.07, 6.45) is 2.46. The second kappa shape index (κ2) is 6.93. The van der Waals surface area contributed by atoms with Crippen molar-refractivity contribution in [1.29, 1.82) is 0 Å². The molecule has 29 heavy (non-hydrogen) atoms. The maximum absolute atomic E-state index is 13.6.